The van der Waals surface area contributed by atoms with Gasteiger partial charge in [-0.25, -0.2) is 0 Å². The molecule has 1 unspecified atom stereocenters. The molecule has 4 heteroatoms. The highest BCUT2D eigenvalue weighted by molar-refractivity contribution is 5.72. The van der Waals surface area contributed by atoms with E-state index in [-0.39, 0.29) is 0 Å². The molecule has 0 heterocycles. The van der Waals surface area contributed by atoms with Crippen molar-refractivity contribution in [2.45, 2.75) is 33.1 Å². The third-order valence-electron chi connectivity index (χ3n) is 6.41. The van der Waals surface area contributed by atoms with E-state index < -0.39 is 5.41 Å². The molecule has 0 radical (unpaired) electrons. The average Bonchev–Trinajstić information content (AvgIpc) is 2.78. The predicted molar refractivity (Wildman–Crippen MR) is 130 cm³/mol. The van der Waals surface area contributed by atoms with Crippen molar-refractivity contribution in [2.24, 2.45) is 5.73 Å². The summed E-state index contributed by atoms with van der Waals surface area (Å²) in [4.78, 5) is 0. The van der Waals surface area contributed by atoms with Crippen molar-refractivity contribution in [1.29, 1.82) is 0 Å². The van der Waals surface area contributed by atoms with Gasteiger partial charge in [-0.3, -0.25) is 0 Å². The zero-order valence-corrected chi connectivity index (χ0v) is 19.2. The van der Waals surface area contributed by atoms with Gasteiger partial charge in [-0.2, -0.15) is 0 Å². The van der Waals surface area contributed by atoms with E-state index in [1.807, 2.05) is 31.2 Å². The maximum Gasteiger partial charge on any atom is 0.125 e. The number of allylic oxidation sites excluding steroid dienone is 1. The summed E-state index contributed by atoms with van der Waals surface area (Å²) in [5.41, 5.74) is 20.0. The largest absolute Gasteiger partial charge is 0.496 e. The van der Waals surface area contributed by atoms with Crippen molar-refractivity contribution >= 4 is 11.4 Å². The number of aryl methyl sites for hydroxylation is 1. The van der Waals surface area contributed by atoms with Crippen LogP contribution in [0.3, 0.4) is 0 Å². The number of hydrogen-bond acceptors (Lipinski definition) is 4. The Bertz CT molecular complexity index is 1090. The minimum atomic E-state index is -0.533. The van der Waals surface area contributed by atoms with Gasteiger partial charge in [0, 0.05) is 27.9 Å². The molecule has 0 bridgehead atoms. The Morgan fingerprint density at radius 1 is 0.839 bits per heavy atom. The van der Waals surface area contributed by atoms with Crippen LogP contribution in [0.5, 0.6) is 11.5 Å². The van der Waals surface area contributed by atoms with Crippen LogP contribution in [0.2, 0.25) is 0 Å². The lowest BCUT2D eigenvalue weighted by molar-refractivity contribution is 0.386. The lowest BCUT2D eigenvalue weighted by Crippen LogP contribution is -2.28. The van der Waals surface area contributed by atoms with E-state index >= 15 is 0 Å². The average molecular weight is 417 g/mol. The summed E-state index contributed by atoms with van der Waals surface area (Å²) in [6.07, 6.45) is 0. The summed E-state index contributed by atoms with van der Waals surface area (Å²) in [5.74, 6) is 1.55. The summed E-state index contributed by atoms with van der Waals surface area (Å²) in [5, 5.41) is 0. The monoisotopic (exact) mass is 416 g/mol. The number of nitrogen functional groups attached to an aromatic ring is 1. The second kappa shape index (κ2) is 8.76. The Labute approximate surface area is 185 Å². The van der Waals surface area contributed by atoms with E-state index in [4.69, 9.17) is 20.9 Å². The number of benzene rings is 3. The smallest absolute Gasteiger partial charge is 0.125 e. The normalized spacial score (nSPS) is 13.9. The van der Waals surface area contributed by atoms with Gasteiger partial charge in [0.2, 0.25) is 0 Å². The number of ether oxygens (including phenoxy) is 2. The molecule has 0 aliphatic rings. The van der Waals surface area contributed by atoms with Crippen molar-refractivity contribution in [2.75, 3.05) is 20.0 Å². The summed E-state index contributed by atoms with van der Waals surface area (Å²) < 4.78 is 11.3. The third kappa shape index (κ3) is 3.98. The standard InChI is InChI=1S/C27H32N2O2/c1-17-9-7-8-10-23(17)26(29)19(3)27(4,20-11-13-22(28)14-12-20)21-15-24(30-5)18(2)25(16-21)31-6/h7-16H,28-29H2,1-6H3/b26-19+. The summed E-state index contributed by atoms with van der Waals surface area (Å²) in [7, 11) is 3.35. The molecule has 0 fully saturated rings. The SMILES string of the molecule is COc1cc(C(C)(/C(C)=C(/N)c2ccccc2C)c2ccc(N)cc2)cc(OC)c1C. The minimum Gasteiger partial charge on any atom is -0.496 e. The highest BCUT2D eigenvalue weighted by Crippen LogP contribution is 2.45. The lowest BCUT2D eigenvalue weighted by Gasteiger charge is -2.34. The second-order valence-electron chi connectivity index (χ2n) is 8.11. The molecule has 1 atom stereocenters. The molecule has 0 aromatic heterocycles. The van der Waals surface area contributed by atoms with Crippen LogP contribution >= 0.6 is 0 Å². The number of rotatable bonds is 6. The Hall–Kier alpha value is -3.40. The number of methoxy groups -OCH3 is 2. The zero-order valence-electron chi connectivity index (χ0n) is 19.2. The van der Waals surface area contributed by atoms with E-state index in [9.17, 15) is 0 Å². The van der Waals surface area contributed by atoms with E-state index in [1.54, 1.807) is 14.2 Å². The van der Waals surface area contributed by atoms with Crippen molar-refractivity contribution < 1.29 is 9.47 Å². The maximum absolute atomic E-state index is 6.79. The topological polar surface area (TPSA) is 70.5 Å². The van der Waals surface area contributed by atoms with E-state index in [0.717, 1.165) is 56.3 Å². The van der Waals surface area contributed by atoms with Gasteiger partial charge in [0.05, 0.1) is 14.2 Å². The Kier molecular flexibility index (Phi) is 6.30. The fraction of sp³-hybridized carbons (Fsp3) is 0.259. The number of hydrogen-bond donors (Lipinski definition) is 2. The molecule has 3 aromatic rings. The van der Waals surface area contributed by atoms with E-state index in [0.29, 0.717) is 0 Å². The van der Waals surface area contributed by atoms with Crippen LogP contribution < -0.4 is 20.9 Å². The molecule has 3 aromatic carbocycles. The molecular formula is C27H32N2O2. The molecule has 0 spiro atoms. The summed E-state index contributed by atoms with van der Waals surface area (Å²) >= 11 is 0. The summed E-state index contributed by atoms with van der Waals surface area (Å²) in [6, 6.07) is 20.3. The number of anilines is 1. The van der Waals surface area contributed by atoms with E-state index in [1.165, 1.54) is 0 Å². The number of nitrogens with two attached hydrogens (primary N) is 2. The van der Waals surface area contributed by atoms with Crippen molar-refractivity contribution in [3.05, 3.63) is 94.1 Å². The van der Waals surface area contributed by atoms with Gasteiger partial charge in [-0.05, 0) is 74.2 Å². The molecule has 162 valence electrons. The van der Waals surface area contributed by atoms with Gasteiger partial charge in [-0.1, -0.05) is 36.4 Å². The Morgan fingerprint density at radius 3 is 1.90 bits per heavy atom. The lowest BCUT2D eigenvalue weighted by atomic mass is 9.69. The van der Waals surface area contributed by atoms with Crippen LogP contribution in [0.1, 0.15) is 41.7 Å². The molecule has 4 nitrogen and oxygen atoms in total. The Balaban J connectivity index is 2.36. The third-order valence-corrected chi connectivity index (χ3v) is 6.41. The van der Waals surface area contributed by atoms with Crippen molar-refractivity contribution in [3.63, 3.8) is 0 Å². The zero-order chi connectivity index (χ0) is 22.8. The van der Waals surface area contributed by atoms with Crippen LogP contribution in [0, 0.1) is 13.8 Å². The molecule has 3 rings (SSSR count). The van der Waals surface area contributed by atoms with Gasteiger partial charge in [-0.15, -0.1) is 0 Å². The van der Waals surface area contributed by atoms with Gasteiger partial charge >= 0.3 is 0 Å². The maximum atomic E-state index is 6.79. The molecule has 31 heavy (non-hydrogen) atoms. The first-order valence-corrected chi connectivity index (χ1v) is 10.4. The first kappa shape index (κ1) is 22.3. The van der Waals surface area contributed by atoms with Crippen LogP contribution in [-0.2, 0) is 5.41 Å². The summed E-state index contributed by atoms with van der Waals surface area (Å²) in [6.45, 7) is 8.35. The fourth-order valence-electron chi connectivity index (χ4n) is 4.14. The molecule has 0 saturated carbocycles. The molecular weight excluding hydrogens is 384 g/mol. The van der Waals surface area contributed by atoms with E-state index in [2.05, 4.69) is 57.2 Å². The van der Waals surface area contributed by atoms with Gasteiger partial charge < -0.3 is 20.9 Å². The van der Waals surface area contributed by atoms with Gasteiger partial charge in [0.1, 0.15) is 11.5 Å². The minimum absolute atomic E-state index is 0.533. The van der Waals surface area contributed by atoms with Crippen molar-refractivity contribution in [1.82, 2.24) is 0 Å². The fourth-order valence-corrected chi connectivity index (χ4v) is 4.14. The molecule has 0 saturated heterocycles. The van der Waals surface area contributed by atoms with Crippen LogP contribution in [0.25, 0.3) is 5.70 Å². The highest BCUT2D eigenvalue weighted by atomic mass is 16.5. The van der Waals surface area contributed by atoms with Crippen LogP contribution in [-0.4, -0.2) is 14.2 Å². The van der Waals surface area contributed by atoms with Crippen molar-refractivity contribution in [3.8, 4) is 11.5 Å². The molecule has 4 N–H and O–H groups in total. The predicted octanol–water partition coefficient (Wildman–Crippen LogP) is 5.60. The van der Waals surface area contributed by atoms with Gasteiger partial charge in [0.25, 0.3) is 0 Å². The first-order chi connectivity index (χ1) is 14.7. The molecule has 0 aliphatic heterocycles. The highest BCUT2D eigenvalue weighted by Gasteiger charge is 2.34. The Morgan fingerprint density at radius 2 is 1.39 bits per heavy atom. The second-order valence-corrected chi connectivity index (χ2v) is 8.11. The van der Waals surface area contributed by atoms with Crippen LogP contribution in [0.4, 0.5) is 5.69 Å². The first-order valence-electron chi connectivity index (χ1n) is 10.4. The molecule has 0 amide bonds. The quantitative estimate of drug-likeness (QED) is 0.513. The molecule has 0 aliphatic carbocycles. The van der Waals surface area contributed by atoms with Gasteiger partial charge in [0.15, 0.2) is 0 Å². The van der Waals surface area contributed by atoms with Crippen LogP contribution in [0.15, 0.2) is 66.2 Å².